The number of halogens is 2. The zero-order chi connectivity index (χ0) is 19.2. The number of carbonyl (C=O) groups excluding carboxylic acids is 1. The molecular formula is C20H17BrClN3O2. The lowest BCUT2D eigenvalue weighted by molar-refractivity contribution is 0.0946. The Morgan fingerprint density at radius 3 is 2.59 bits per heavy atom. The van der Waals surface area contributed by atoms with Crippen LogP contribution >= 0.6 is 27.5 Å². The molecule has 27 heavy (non-hydrogen) atoms. The molecule has 138 valence electrons. The van der Waals surface area contributed by atoms with Crippen molar-refractivity contribution in [3.8, 4) is 17.1 Å². The van der Waals surface area contributed by atoms with Crippen molar-refractivity contribution in [1.29, 1.82) is 0 Å². The van der Waals surface area contributed by atoms with Gasteiger partial charge in [0.2, 0.25) is 5.88 Å². The first-order chi connectivity index (χ1) is 13.0. The van der Waals surface area contributed by atoms with Gasteiger partial charge in [-0.1, -0.05) is 57.4 Å². The third-order valence-electron chi connectivity index (χ3n) is 3.80. The van der Waals surface area contributed by atoms with Crippen molar-refractivity contribution in [2.24, 2.45) is 0 Å². The predicted octanol–water partition coefficient (Wildman–Crippen LogP) is 4.68. The molecule has 0 saturated carbocycles. The highest BCUT2D eigenvalue weighted by atomic mass is 79.9. The van der Waals surface area contributed by atoms with Crippen LogP contribution in [0.4, 0.5) is 0 Å². The van der Waals surface area contributed by atoms with Gasteiger partial charge in [0, 0.05) is 16.1 Å². The molecule has 3 aromatic rings. The van der Waals surface area contributed by atoms with Crippen molar-refractivity contribution in [1.82, 2.24) is 15.5 Å². The Hall–Kier alpha value is -2.44. The van der Waals surface area contributed by atoms with E-state index in [2.05, 4.69) is 31.4 Å². The number of nitrogens with zero attached hydrogens (tertiary/aromatic N) is 2. The van der Waals surface area contributed by atoms with Gasteiger partial charge in [-0.2, -0.15) is 0 Å². The Kier molecular flexibility index (Phi) is 6.42. The number of hydrogen-bond donors (Lipinski definition) is 1. The second-order valence-corrected chi connectivity index (χ2v) is 7.17. The summed E-state index contributed by atoms with van der Waals surface area (Å²) >= 11 is 9.37. The molecule has 0 spiro atoms. The van der Waals surface area contributed by atoms with E-state index in [4.69, 9.17) is 16.3 Å². The molecule has 0 aliphatic rings. The van der Waals surface area contributed by atoms with Crippen LogP contribution in [-0.4, -0.2) is 29.3 Å². The van der Waals surface area contributed by atoms with E-state index < -0.39 is 0 Å². The predicted molar refractivity (Wildman–Crippen MR) is 109 cm³/mol. The minimum Gasteiger partial charge on any atom is -0.475 e. The van der Waals surface area contributed by atoms with Gasteiger partial charge in [-0.25, -0.2) is 0 Å². The van der Waals surface area contributed by atoms with Crippen LogP contribution in [0.1, 0.15) is 15.9 Å². The Morgan fingerprint density at radius 1 is 1.11 bits per heavy atom. The Bertz CT molecular complexity index is 931. The maximum absolute atomic E-state index is 12.2. The largest absolute Gasteiger partial charge is 0.475 e. The molecule has 7 heteroatoms. The van der Waals surface area contributed by atoms with Gasteiger partial charge in [-0.3, -0.25) is 4.79 Å². The van der Waals surface area contributed by atoms with Crippen molar-refractivity contribution in [2.45, 2.75) is 6.92 Å². The Labute approximate surface area is 170 Å². The van der Waals surface area contributed by atoms with Gasteiger partial charge < -0.3 is 10.1 Å². The Balaban J connectivity index is 1.50. The fraction of sp³-hybridized carbons (Fsp3) is 0.150. The number of ether oxygens (including phenoxy) is 1. The third-order valence-corrected chi connectivity index (χ3v) is 4.62. The van der Waals surface area contributed by atoms with Crippen LogP contribution < -0.4 is 10.1 Å². The molecule has 0 fully saturated rings. The van der Waals surface area contributed by atoms with Crippen LogP contribution in [0, 0.1) is 6.92 Å². The van der Waals surface area contributed by atoms with Crippen LogP contribution in [0.25, 0.3) is 11.3 Å². The van der Waals surface area contributed by atoms with E-state index in [0.717, 1.165) is 15.7 Å². The molecule has 0 unspecified atom stereocenters. The number of rotatable bonds is 6. The monoisotopic (exact) mass is 445 g/mol. The Morgan fingerprint density at radius 2 is 1.89 bits per heavy atom. The van der Waals surface area contributed by atoms with E-state index in [1.165, 1.54) is 5.56 Å². The second-order valence-electron chi connectivity index (χ2n) is 5.85. The summed E-state index contributed by atoms with van der Waals surface area (Å²) in [4.78, 5) is 12.2. The quantitative estimate of drug-likeness (QED) is 0.559. The van der Waals surface area contributed by atoms with E-state index in [1.54, 1.807) is 24.3 Å². The smallest absolute Gasteiger partial charge is 0.252 e. The second kappa shape index (κ2) is 8.97. The van der Waals surface area contributed by atoms with Crippen molar-refractivity contribution in [3.63, 3.8) is 0 Å². The highest BCUT2D eigenvalue weighted by molar-refractivity contribution is 9.10. The molecule has 0 atom stereocenters. The molecule has 0 aliphatic heterocycles. The van der Waals surface area contributed by atoms with Gasteiger partial charge in [0.25, 0.3) is 5.91 Å². The highest BCUT2D eigenvalue weighted by Crippen LogP contribution is 2.21. The van der Waals surface area contributed by atoms with E-state index in [1.807, 2.05) is 37.3 Å². The van der Waals surface area contributed by atoms with Gasteiger partial charge >= 0.3 is 0 Å². The summed E-state index contributed by atoms with van der Waals surface area (Å²) in [6.07, 6.45) is 0. The third kappa shape index (κ3) is 5.28. The van der Waals surface area contributed by atoms with Gasteiger partial charge in [0.05, 0.1) is 22.8 Å². The number of aryl methyl sites for hydroxylation is 1. The summed E-state index contributed by atoms with van der Waals surface area (Å²) < 4.78 is 6.31. The molecule has 5 nitrogen and oxygen atoms in total. The number of carbonyl (C=O) groups is 1. The summed E-state index contributed by atoms with van der Waals surface area (Å²) in [7, 11) is 0. The minimum atomic E-state index is -0.259. The van der Waals surface area contributed by atoms with E-state index in [-0.39, 0.29) is 12.5 Å². The first-order valence-corrected chi connectivity index (χ1v) is 9.47. The maximum Gasteiger partial charge on any atom is 0.252 e. The molecule has 0 bridgehead atoms. The molecule has 1 N–H and O–H groups in total. The zero-order valence-corrected chi connectivity index (χ0v) is 16.9. The van der Waals surface area contributed by atoms with Crippen LogP contribution in [0.2, 0.25) is 5.02 Å². The van der Waals surface area contributed by atoms with E-state index >= 15 is 0 Å². The average molecular weight is 447 g/mol. The number of amides is 1. The summed E-state index contributed by atoms with van der Waals surface area (Å²) in [5.41, 5.74) is 3.38. The summed E-state index contributed by atoms with van der Waals surface area (Å²) in [6, 6.07) is 16.8. The standard InChI is InChI=1S/C20H17BrClN3O2/c1-13-2-4-14(5-3-13)18-8-9-19(25-24-18)27-11-10-23-20(26)16-12-15(21)6-7-17(16)22/h2-9,12H,10-11H2,1H3,(H,23,26). The van der Waals surface area contributed by atoms with Gasteiger partial charge in [-0.05, 0) is 31.2 Å². The molecule has 1 aromatic heterocycles. The number of aromatic nitrogens is 2. The summed E-state index contributed by atoms with van der Waals surface area (Å²) in [5, 5.41) is 11.4. The van der Waals surface area contributed by atoms with Crippen LogP contribution in [0.3, 0.4) is 0 Å². The lowest BCUT2D eigenvalue weighted by atomic mass is 10.1. The first-order valence-electron chi connectivity index (χ1n) is 8.30. The van der Waals surface area contributed by atoms with Crippen LogP contribution in [0.5, 0.6) is 5.88 Å². The maximum atomic E-state index is 12.2. The van der Waals surface area contributed by atoms with Crippen molar-refractivity contribution in [2.75, 3.05) is 13.2 Å². The molecule has 0 radical (unpaired) electrons. The number of hydrogen-bond acceptors (Lipinski definition) is 4. The topological polar surface area (TPSA) is 64.1 Å². The molecular weight excluding hydrogens is 430 g/mol. The van der Waals surface area contributed by atoms with Crippen molar-refractivity contribution < 1.29 is 9.53 Å². The molecule has 0 aliphatic carbocycles. The number of benzene rings is 2. The van der Waals surface area contributed by atoms with Crippen molar-refractivity contribution >= 4 is 33.4 Å². The molecule has 0 saturated heterocycles. The average Bonchev–Trinajstić information content (AvgIpc) is 2.68. The van der Waals surface area contributed by atoms with Crippen LogP contribution in [0.15, 0.2) is 59.1 Å². The lowest BCUT2D eigenvalue weighted by Crippen LogP contribution is -2.28. The van der Waals surface area contributed by atoms with Gasteiger partial charge in [-0.15, -0.1) is 10.2 Å². The SMILES string of the molecule is Cc1ccc(-c2ccc(OCCNC(=O)c3cc(Br)ccc3Cl)nn2)cc1. The molecule has 3 rings (SSSR count). The summed E-state index contributed by atoms with van der Waals surface area (Å²) in [6.45, 7) is 2.63. The van der Waals surface area contributed by atoms with Gasteiger partial charge in [0.1, 0.15) is 6.61 Å². The van der Waals surface area contributed by atoms with Crippen molar-refractivity contribution in [3.05, 3.63) is 75.2 Å². The normalized spacial score (nSPS) is 10.5. The fourth-order valence-electron chi connectivity index (χ4n) is 2.36. The van der Waals surface area contributed by atoms with Gasteiger partial charge in [0.15, 0.2) is 0 Å². The molecule has 1 heterocycles. The first kappa shape index (κ1) is 19.3. The van der Waals surface area contributed by atoms with E-state index in [0.29, 0.717) is 23.0 Å². The highest BCUT2D eigenvalue weighted by Gasteiger charge is 2.10. The molecule has 2 aromatic carbocycles. The fourth-order valence-corrected chi connectivity index (χ4v) is 2.93. The molecule has 1 amide bonds. The number of nitrogens with one attached hydrogen (secondary N) is 1. The van der Waals surface area contributed by atoms with E-state index in [9.17, 15) is 4.79 Å². The minimum absolute atomic E-state index is 0.259. The lowest BCUT2D eigenvalue weighted by Gasteiger charge is -2.08. The van der Waals surface area contributed by atoms with Crippen LogP contribution in [-0.2, 0) is 0 Å². The zero-order valence-electron chi connectivity index (χ0n) is 14.6. The summed E-state index contributed by atoms with van der Waals surface area (Å²) in [5.74, 6) is 0.145.